The molecule has 0 bridgehead atoms. The van der Waals surface area contributed by atoms with Gasteiger partial charge in [-0.05, 0) is 65.1 Å². The van der Waals surface area contributed by atoms with Gasteiger partial charge in [0.05, 0.1) is 10.6 Å². The minimum Gasteiger partial charge on any atom is -0.478 e. The Morgan fingerprint density at radius 3 is 2.39 bits per heavy atom. The number of carboxylic acid groups (broad SMARTS) is 1. The van der Waals surface area contributed by atoms with Gasteiger partial charge in [-0.15, -0.1) is 0 Å². The van der Waals surface area contributed by atoms with Crippen LogP contribution in [0.2, 0.25) is 5.02 Å². The van der Waals surface area contributed by atoms with Crippen molar-refractivity contribution in [3.63, 3.8) is 0 Å². The molecule has 1 N–H and O–H groups in total. The smallest absolute Gasteiger partial charge is 0.335 e. The lowest BCUT2D eigenvalue weighted by Crippen LogP contribution is -1.96. The lowest BCUT2D eigenvalue weighted by Gasteiger charge is -2.08. The monoisotopic (exact) mass is 374 g/mol. The van der Waals surface area contributed by atoms with Gasteiger partial charge in [0.25, 0.3) is 0 Å². The van der Waals surface area contributed by atoms with E-state index in [4.69, 9.17) is 21.4 Å². The van der Waals surface area contributed by atoms with Crippen LogP contribution in [0.25, 0.3) is 0 Å². The van der Waals surface area contributed by atoms with Gasteiger partial charge in [-0.25, -0.2) is 4.79 Å². The number of halogens is 2. The molecule has 2 aromatic carbocycles. The highest BCUT2D eigenvalue weighted by atomic mass is 127. The Bertz CT molecular complexity index is 581. The van der Waals surface area contributed by atoms with Crippen LogP contribution in [0.1, 0.15) is 10.4 Å². The summed E-state index contributed by atoms with van der Waals surface area (Å²) in [5.41, 5.74) is 0.134. The van der Waals surface area contributed by atoms with Crippen molar-refractivity contribution >= 4 is 40.2 Å². The maximum Gasteiger partial charge on any atom is 0.335 e. The van der Waals surface area contributed by atoms with E-state index >= 15 is 0 Å². The molecule has 0 aliphatic heterocycles. The van der Waals surface area contributed by atoms with Crippen LogP contribution in [0, 0.1) is 3.57 Å². The molecule has 92 valence electrons. The summed E-state index contributed by atoms with van der Waals surface area (Å²) in [6.45, 7) is 0. The van der Waals surface area contributed by atoms with Crippen molar-refractivity contribution in [3.05, 3.63) is 56.6 Å². The van der Waals surface area contributed by atoms with E-state index in [0.717, 1.165) is 3.57 Å². The fraction of sp³-hybridized carbons (Fsp3) is 0. The molecular weight excluding hydrogens is 366 g/mol. The number of hydrogen-bond acceptors (Lipinski definition) is 2. The van der Waals surface area contributed by atoms with E-state index < -0.39 is 5.97 Å². The van der Waals surface area contributed by atoms with E-state index in [1.54, 1.807) is 6.07 Å². The maximum atomic E-state index is 10.8. The molecule has 0 aliphatic carbocycles. The molecule has 0 unspecified atom stereocenters. The molecule has 0 spiro atoms. The van der Waals surface area contributed by atoms with Crippen LogP contribution in [-0.2, 0) is 0 Å². The van der Waals surface area contributed by atoms with Crippen molar-refractivity contribution < 1.29 is 14.6 Å². The van der Waals surface area contributed by atoms with Gasteiger partial charge in [0.2, 0.25) is 0 Å². The fourth-order valence-electron chi connectivity index (χ4n) is 1.35. The molecule has 0 atom stereocenters. The molecule has 18 heavy (non-hydrogen) atoms. The van der Waals surface area contributed by atoms with Crippen molar-refractivity contribution in [2.24, 2.45) is 0 Å². The highest BCUT2D eigenvalue weighted by Gasteiger charge is 2.08. The second-order valence-electron chi connectivity index (χ2n) is 3.51. The summed E-state index contributed by atoms with van der Waals surface area (Å²) >= 11 is 8.16. The summed E-state index contributed by atoms with van der Waals surface area (Å²) < 4.78 is 6.67. The van der Waals surface area contributed by atoms with E-state index in [0.29, 0.717) is 11.5 Å². The van der Waals surface area contributed by atoms with Crippen molar-refractivity contribution in [2.45, 2.75) is 0 Å². The average molecular weight is 375 g/mol. The second kappa shape index (κ2) is 5.58. The molecule has 0 fully saturated rings. The maximum absolute atomic E-state index is 10.8. The van der Waals surface area contributed by atoms with Crippen molar-refractivity contribution in [3.8, 4) is 11.5 Å². The van der Waals surface area contributed by atoms with E-state index in [2.05, 4.69) is 22.6 Å². The van der Waals surface area contributed by atoms with E-state index in [-0.39, 0.29) is 10.6 Å². The minimum absolute atomic E-state index is 0.134. The Hall–Kier alpha value is -1.27. The third kappa shape index (κ3) is 3.14. The van der Waals surface area contributed by atoms with Gasteiger partial charge in [0.15, 0.2) is 0 Å². The van der Waals surface area contributed by atoms with Crippen LogP contribution in [0.3, 0.4) is 0 Å². The average Bonchev–Trinajstić information content (AvgIpc) is 2.34. The van der Waals surface area contributed by atoms with Crippen LogP contribution in [-0.4, -0.2) is 11.1 Å². The van der Waals surface area contributed by atoms with Crippen molar-refractivity contribution in [2.75, 3.05) is 0 Å². The molecule has 0 heterocycles. The number of aromatic carboxylic acids is 1. The molecule has 0 saturated carbocycles. The van der Waals surface area contributed by atoms with Crippen LogP contribution >= 0.6 is 34.2 Å². The molecule has 5 heteroatoms. The zero-order valence-electron chi connectivity index (χ0n) is 9.06. The molecule has 2 aromatic rings. The van der Waals surface area contributed by atoms with Gasteiger partial charge in [-0.1, -0.05) is 11.6 Å². The number of benzene rings is 2. The van der Waals surface area contributed by atoms with E-state index in [1.165, 1.54) is 12.1 Å². The third-order valence-corrected chi connectivity index (χ3v) is 3.23. The third-order valence-electron chi connectivity index (χ3n) is 2.22. The van der Waals surface area contributed by atoms with Crippen LogP contribution in [0.5, 0.6) is 11.5 Å². The highest BCUT2D eigenvalue weighted by molar-refractivity contribution is 14.1. The zero-order chi connectivity index (χ0) is 13.1. The Balaban J connectivity index is 2.24. The van der Waals surface area contributed by atoms with Gasteiger partial charge in [-0.2, -0.15) is 0 Å². The highest BCUT2D eigenvalue weighted by Crippen LogP contribution is 2.30. The Morgan fingerprint density at radius 1 is 1.17 bits per heavy atom. The van der Waals surface area contributed by atoms with Crippen molar-refractivity contribution in [1.82, 2.24) is 0 Å². The number of carbonyl (C=O) groups is 1. The summed E-state index contributed by atoms with van der Waals surface area (Å²) in [7, 11) is 0. The molecule has 0 amide bonds. The number of rotatable bonds is 3. The zero-order valence-corrected chi connectivity index (χ0v) is 12.0. The second-order valence-corrected chi connectivity index (χ2v) is 5.16. The minimum atomic E-state index is -1.02. The summed E-state index contributed by atoms with van der Waals surface area (Å²) in [4.78, 5) is 10.8. The number of carboxylic acids is 1. The normalized spacial score (nSPS) is 10.1. The lowest BCUT2D eigenvalue weighted by molar-refractivity contribution is 0.0697. The van der Waals surface area contributed by atoms with Crippen LogP contribution < -0.4 is 4.74 Å². The molecule has 3 nitrogen and oxygen atoms in total. The lowest BCUT2D eigenvalue weighted by atomic mass is 10.2. The summed E-state index contributed by atoms with van der Waals surface area (Å²) in [5, 5.41) is 9.09. The van der Waals surface area contributed by atoms with Gasteiger partial charge in [0.1, 0.15) is 11.5 Å². The standard InChI is InChI=1S/C13H8ClIO3/c14-11-7-8(13(16)17)1-6-12(11)18-10-4-2-9(15)3-5-10/h1-7H,(H,16,17). The van der Waals surface area contributed by atoms with Gasteiger partial charge >= 0.3 is 5.97 Å². The summed E-state index contributed by atoms with van der Waals surface area (Å²) in [5.74, 6) is 0.0704. The fourth-order valence-corrected chi connectivity index (χ4v) is 1.92. The molecular formula is C13H8ClIO3. The van der Waals surface area contributed by atoms with Crippen LogP contribution in [0.4, 0.5) is 0 Å². The molecule has 0 aromatic heterocycles. The number of ether oxygens (including phenoxy) is 1. The SMILES string of the molecule is O=C(O)c1ccc(Oc2ccc(I)cc2)c(Cl)c1. The molecule has 0 radical (unpaired) electrons. The Kier molecular flexibility index (Phi) is 4.08. The number of hydrogen-bond donors (Lipinski definition) is 1. The first kappa shape index (κ1) is 13.2. The van der Waals surface area contributed by atoms with Gasteiger partial charge in [0, 0.05) is 3.57 Å². The predicted molar refractivity (Wildman–Crippen MR) is 77.6 cm³/mol. The predicted octanol–water partition coefficient (Wildman–Crippen LogP) is 4.44. The van der Waals surface area contributed by atoms with Crippen LogP contribution in [0.15, 0.2) is 42.5 Å². The van der Waals surface area contributed by atoms with Crippen molar-refractivity contribution in [1.29, 1.82) is 0 Å². The summed E-state index contributed by atoms with van der Waals surface area (Å²) in [6, 6.07) is 11.8. The Labute approximate surface area is 122 Å². The van der Waals surface area contributed by atoms with Gasteiger partial charge < -0.3 is 9.84 Å². The largest absolute Gasteiger partial charge is 0.478 e. The van der Waals surface area contributed by atoms with E-state index in [9.17, 15) is 4.79 Å². The summed E-state index contributed by atoms with van der Waals surface area (Å²) in [6.07, 6.45) is 0. The molecule has 0 saturated heterocycles. The molecule has 0 aliphatic rings. The van der Waals surface area contributed by atoms with Gasteiger partial charge in [-0.3, -0.25) is 0 Å². The van der Waals surface area contributed by atoms with E-state index in [1.807, 2.05) is 24.3 Å². The first-order valence-corrected chi connectivity index (χ1v) is 6.48. The Morgan fingerprint density at radius 2 is 1.83 bits per heavy atom. The first-order chi connectivity index (χ1) is 8.56. The molecule has 2 rings (SSSR count). The first-order valence-electron chi connectivity index (χ1n) is 5.02. The quantitative estimate of drug-likeness (QED) is 0.808. The topological polar surface area (TPSA) is 46.5 Å².